The van der Waals surface area contributed by atoms with Gasteiger partial charge in [-0.25, -0.2) is 4.39 Å². The third-order valence-corrected chi connectivity index (χ3v) is 3.15. The molecule has 4 heteroatoms. The fourth-order valence-corrected chi connectivity index (χ4v) is 1.75. The summed E-state index contributed by atoms with van der Waals surface area (Å²) in [5, 5.41) is 3.33. The normalized spacial score (nSPS) is 13.4. The molecule has 0 aliphatic heterocycles. The average molecular weight is 286 g/mol. The van der Waals surface area contributed by atoms with Crippen LogP contribution in [0.5, 0.6) is 5.75 Å². The van der Waals surface area contributed by atoms with Crippen molar-refractivity contribution in [1.82, 2.24) is 5.32 Å². The second-order valence-electron chi connectivity index (χ2n) is 4.60. The lowest BCUT2D eigenvalue weighted by molar-refractivity contribution is 0.343. The van der Waals surface area contributed by atoms with Crippen LogP contribution in [-0.4, -0.2) is 13.2 Å². The van der Waals surface area contributed by atoms with E-state index in [-0.39, 0.29) is 11.9 Å². The van der Waals surface area contributed by atoms with E-state index in [4.69, 9.17) is 16.3 Å². The molecule has 1 aromatic carbocycles. The van der Waals surface area contributed by atoms with Crippen LogP contribution in [0.4, 0.5) is 4.39 Å². The summed E-state index contributed by atoms with van der Waals surface area (Å²) in [6, 6.07) is 4.63. The molecule has 2 nitrogen and oxygen atoms in total. The minimum Gasteiger partial charge on any atom is -0.489 e. The van der Waals surface area contributed by atoms with Gasteiger partial charge in [-0.3, -0.25) is 0 Å². The number of rotatable bonds is 7. The largest absolute Gasteiger partial charge is 0.489 e. The average Bonchev–Trinajstić information content (AvgIpc) is 2.42. The first-order valence-corrected chi connectivity index (χ1v) is 6.93. The van der Waals surface area contributed by atoms with Gasteiger partial charge >= 0.3 is 0 Å². The van der Waals surface area contributed by atoms with E-state index in [9.17, 15) is 4.39 Å². The van der Waals surface area contributed by atoms with Crippen LogP contribution >= 0.6 is 11.6 Å². The summed E-state index contributed by atoms with van der Waals surface area (Å²) in [4.78, 5) is 0. The zero-order chi connectivity index (χ0) is 14.3. The van der Waals surface area contributed by atoms with Gasteiger partial charge in [0.1, 0.15) is 18.2 Å². The maximum atomic E-state index is 13.4. The quantitative estimate of drug-likeness (QED) is 0.801. The Balaban J connectivity index is 2.84. The first-order valence-electron chi connectivity index (χ1n) is 6.50. The Morgan fingerprint density at radius 2 is 2.26 bits per heavy atom. The Morgan fingerprint density at radius 3 is 2.89 bits per heavy atom. The summed E-state index contributed by atoms with van der Waals surface area (Å²) in [6.45, 7) is 7.27. The molecule has 0 heterocycles. The minimum absolute atomic E-state index is 0.0472. The SMILES string of the molecule is CCCNC(C)c1cc(F)ccc1OC/C(C)=C/Cl. The zero-order valence-corrected chi connectivity index (χ0v) is 12.4. The van der Waals surface area contributed by atoms with E-state index in [1.807, 2.05) is 13.8 Å². The highest BCUT2D eigenvalue weighted by molar-refractivity contribution is 6.25. The third-order valence-electron chi connectivity index (χ3n) is 2.78. The summed E-state index contributed by atoms with van der Waals surface area (Å²) in [7, 11) is 0. The third kappa shape index (κ3) is 5.21. The summed E-state index contributed by atoms with van der Waals surface area (Å²) >= 11 is 5.60. The molecule has 0 amide bonds. The number of nitrogens with one attached hydrogen (secondary N) is 1. The molecular weight excluding hydrogens is 265 g/mol. The fraction of sp³-hybridized carbons (Fsp3) is 0.467. The highest BCUT2D eigenvalue weighted by Gasteiger charge is 2.12. The van der Waals surface area contributed by atoms with E-state index in [1.165, 1.54) is 17.7 Å². The molecule has 0 spiro atoms. The number of benzene rings is 1. The van der Waals surface area contributed by atoms with Crippen LogP contribution in [0.1, 0.15) is 38.8 Å². The van der Waals surface area contributed by atoms with E-state index in [0.717, 1.165) is 24.1 Å². The molecule has 1 aromatic rings. The van der Waals surface area contributed by atoms with Gasteiger partial charge in [-0.15, -0.1) is 0 Å². The summed E-state index contributed by atoms with van der Waals surface area (Å²) in [5.41, 5.74) is 3.24. The van der Waals surface area contributed by atoms with Crippen molar-refractivity contribution in [1.29, 1.82) is 0 Å². The fourth-order valence-electron chi connectivity index (χ4n) is 1.68. The van der Waals surface area contributed by atoms with Crippen molar-refractivity contribution in [3.63, 3.8) is 0 Å². The lowest BCUT2D eigenvalue weighted by Crippen LogP contribution is -2.20. The van der Waals surface area contributed by atoms with Crippen LogP contribution in [0.3, 0.4) is 0 Å². The van der Waals surface area contributed by atoms with Gasteiger partial charge in [0, 0.05) is 17.1 Å². The Bertz CT molecular complexity index is 434. The van der Waals surface area contributed by atoms with Crippen LogP contribution in [-0.2, 0) is 0 Å². The lowest BCUT2D eigenvalue weighted by atomic mass is 10.1. The molecular formula is C15H21ClFNO. The van der Waals surface area contributed by atoms with E-state index < -0.39 is 0 Å². The predicted molar refractivity (Wildman–Crippen MR) is 78.2 cm³/mol. The number of halogens is 2. The van der Waals surface area contributed by atoms with E-state index in [0.29, 0.717) is 12.4 Å². The Kier molecular flexibility index (Phi) is 6.89. The van der Waals surface area contributed by atoms with E-state index in [2.05, 4.69) is 12.2 Å². The van der Waals surface area contributed by atoms with Crippen molar-refractivity contribution >= 4 is 11.6 Å². The molecule has 19 heavy (non-hydrogen) atoms. The minimum atomic E-state index is -0.253. The van der Waals surface area contributed by atoms with Gasteiger partial charge in [0.25, 0.3) is 0 Å². The molecule has 0 saturated heterocycles. The zero-order valence-electron chi connectivity index (χ0n) is 11.7. The molecule has 0 radical (unpaired) electrons. The molecule has 0 aliphatic carbocycles. The van der Waals surface area contributed by atoms with Crippen LogP contribution in [0.2, 0.25) is 0 Å². The Labute approximate surface area is 119 Å². The molecule has 0 saturated carbocycles. The Hall–Kier alpha value is -1.06. The van der Waals surface area contributed by atoms with Gasteiger partial charge in [-0.05, 0) is 50.6 Å². The lowest BCUT2D eigenvalue weighted by Gasteiger charge is -2.18. The number of hydrogen-bond donors (Lipinski definition) is 1. The second-order valence-corrected chi connectivity index (χ2v) is 4.82. The van der Waals surface area contributed by atoms with Crippen molar-refractivity contribution in [3.05, 3.63) is 40.7 Å². The maximum Gasteiger partial charge on any atom is 0.124 e. The molecule has 0 fully saturated rings. The molecule has 106 valence electrons. The molecule has 1 N–H and O–H groups in total. The van der Waals surface area contributed by atoms with Gasteiger partial charge in [-0.1, -0.05) is 18.5 Å². The van der Waals surface area contributed by atoms with Gasteiger partial charge in [0.15, 0.2) is 0 Å². The van der Waals surface area contributed by atoms with Gasteiger partial charge < -0.3 is 10.1 Å². The van der Waals surface area contributed by atoms with Gasteiger partial charge in [0.05, 0.1) is 0 Å². The van der Waals surface area contributed by atoms with Gasteiger partial charge in [-0.2, -0.15) is 0 Å². The van der Waals surface area contributed by atoms with Crippen LogP contribution in [0, 0.1) is 5.82 Å². The molecule has 0 aliphatic rings. The maximum absolute atomic E-state index is 13.4. The van der Waals surface area contributed by atoms with Crippen molar-refractivity contribution < 1.29 is 9.13 Å². The molecule has 0 aromatic heterocycles. The summed E-state index contributed by atoms with van der Waals surface area (Å²) in [6.07, 6.45) is 1.03. The van der Waals surface area contributed by atoms with Crippen molar-refractivity contribution in [3.8, 4) is 5.75 Å². The highest BCUT2D eigenvalue weighted by Crippen LogP contribution is 2.26. The first kappa shape index (κ1) is 16.0. The number of ether oxygens (including phenoxy) is 1. The van der Waals surface area contributed by atoms with Gasteiger partial charge in [0.2, 0.25) is 0 Å². The smallest absolute Gasteiger partial charge is 0.124 e. The Morgan fingerprint density at radius 1 is 1.53 bits per heavy atom. The van der Waals surface area contributed by atoms with Crippen molar-refractivity contribution in [2.75, 3.05) is 13.2 Å². The van der Waals surface area contributed by atoms with Crippen LogP contribution in [0.25, 0.3) is 0 Å². The van der Waals surface area contributed by atoms with Crippen molar-refractivity contribution in [2.45, 2.75) is 33.2 Å². The molecule has 0 bridgehead atoms. The van der Waals surface area contributed by atoms with Crippen LogP contribution < -0.4 is 10.1 Å². The molecule has 1 rings (SSSR count). The highest BCUT2D eigenvalue weighted by atomic mass is 35.5. The van der Waals surface area contributed by atoms with Crippen molar-refractivity contribution in [2.24, 2.45) is 0 Å². The summed E-state index contributed by atoms with van der Waals surface area (Å²) < 4.78 is 19.1. The predicted octanol–water partition coefficient (Wildman–Crippen LogP) is 4.41. The van der Waals surface area contributed by atoms with Crippen LogP contribution in [0.15, 0.2) is 29.3 Å². The molecule has 1 unspecified atom stereocenters. The van der Waals surface area contributed by atoms with E-state index in [1.54, 1.807) is 6.07 Å². The summed E-state index contributed by atoms with van der Waals surface area (Å²) in [5.74, 6) is 0.437. The topological polar surface area (TPSA) is 21.3 Å². The number of hydrogen-bond acceptors (Lipinski definition) is 2. The monoisotopic (exact) mass is 285 g/mol. The van der Waals surface area contributed by atoms with E-state index >= 15 is 0 Å². The second kappa shape index (κ2) is 8.18. The standard InChI is InChI=1S/C15H21ClFNO/c1-4-7-18-12(3)14-8-13(17)5-6-15(14)19-10-11(2)9-16/h5-6,8-9,12,18H,4,7,10H2,1-3H3/b11-9+. The molecule has 1 atom stereocenters. The first-order chi connectivity index (χ1) is 9.08.